The number of carbonyl (C=O) groups is 2. The van der Waals surface area contributed by atoms with Gasteiger partial charge >= 0.3 is 5.97 Å². The van der Waals surface area contributed by atoms with E-state index < -0.39 is 11.9 Å². The highest BCUT2D eigenvalue weighted by atomic mass is 16.5. The highest BCUT2D eigenvalue weighted by Gasteiger charge is 2.20. The number of amides is 1. The van der Waals surface area contributed by atoms with Gasteiger partial charge in [-0.25, -0.2) is 10.2 Å². The summed E-state index contributed by atoms with van der Waals surface area (Å²) in [5, 5.41) is 5.06. The molecular formula is C29H24N4O4. The third kappa shape index (κ3) is 4.99. The standard InChI is InChI=1S/C29H24N4O4/c1-33(2)21-14-15-23-22(17-21)26(19-9-4-3-5-10-19)27(31-23)28(34)32-30-18-20-11-6-7-12-24(20)37-29(35)25-13-8-16-36-25/h3-18,31H,1-2H3,(H,32,34). The third-order valence-electron chi connectivity index (χ3n) is 5.80. The van der Waals surface area contributed by atoms with Crippen LogP contribution in [-0.2, 0) is 0 Å². The van der Waals surface area contributed by atoms with Crippen LogP contribution in [0.4, 0.5) is 5.69 Å². The van der Waals surface area contributed by atoms with Gasteiger partial charge in [0.2, 0.25) is 5.76 Å². The van der Waals surface area contributed by atoms with Crippen molar-refractivity contribution >= 4 is 34.7 Å². The molecule has 3 aromatic carbocycles. The Kier molecular flexibility index (Phi) is 6.54. The molecule has 5 rings (SSSR count). The number of anilines is 1. The van der Waals surface area contributed by atoms with Crippen molar-refractivity contribution in [1.29, 1.82) is 0 Å². The molecule has 0 bridgehead atoms. The minimum Gasteiger partial charge on any atom is -0.457 e. The van der Waals surface area contributed by atoms with Crippen LogP contribution < -0.4 is 15.1 Å². The van der Waals surface area contributed by atoms with Crippen LogP contribution >= 0.6 is 0 Å². The average molecular weight is 493 g/mol. The smallest absolute Gasteiger partial charge is 0.379 e. The van der Waals surface area contributed by atoms with Gasteiger partial charge in [-0.1, -0.05) is 42.5 Å². The van der Waals surface area contributed by atoms with Crippen molar-refractivity contribution in [1.82, 2.24) is 10.4 Å². The number of para-hydroxylation sites is 1. The van der Waals surface area contributed by atoms with E-state index in [4.69, 9.17) is 9.15 Å². The Hall–Kier alpha value is -5.11. The Morgan fingerprint density at radius 1 is 0.973 bits per heavy atom. The van der Waals surface area contributed by atoms with Gasteiger partial charge in [-0.2, -0.15) is 5.10 Å². The Morgan fingerprint density at radius 2 is 1.76 bits per heavy atom. The van der Waals surface area contributed by atoms with Crippen LogP contribution in [0.25, 0.3) is 22.0 Å². The first-order valence-corrected chi connectivity index (χ1v) is 11.6. The van der Waals surface area contributed by atoms with Gasteiger partial charge in [0.05, 0.1) is 12.5 Å². The van der Waals surface area contributed by atoms with Crippen LogP contribution in [0, 0.1) is 0 Å². The lowest BCUT2D eigenvalue weighted by molar-refractivity contribution is 0.0701. The van der Waals surface area contributed by atoms with E-state index in [9.17, 15) is 9.59 Å². The molecule has 0 radical (unpaired) electrons. The number of aromatic amines is 1. The summed E-state index contributed by atoms with van der Waals surface area (Å²) >= 11 is 0. The number of nitrogens with zero attached hydrogens (tertiary/aromatic N) is 2. The van der Waals surface area contributed by atoms with E-state index in [1.54, 1.807) is 30.3 Å². The number of hydrogen-bond acceptors (Lipinski definition) is 6. The van der Waals surface area contributed by atoms with Crippen LogP contribution in [0.3, 0.4) is 0 Å². The van der Waals surface area contributed by atoms with E-state index in [1.807, 2.05) is 61.5 Å². The Labute approximate surface area is 213 Å². The molecule has 1 amide bonds. The van der Waals surface area contributed by atoms with Crippen molar-refractivity contribution < 1.29 is 18.7 Å². The molecule has 0 saturated heterocycles. The normalized spacial score (nSPS) is 11.1. The number of rotatable bonds is 7. The lowest BCUT2D eigenvalue weighted by Gasteiger charge is -2.12. The summed E-state index contributed by atoms with van der Waals surface area (Å²) in [5.74, 6) is -0.654. The summed E-state index contributed by atoms with van der Waals surface area (Å²) in [6.07, 6.45) is 2.83. The molecular weight excluding hydrogens is 468 g/mol. The topological polar surface area (TPSA) is 99.9 Å². The van der Waals surface area contributed by atoms with Gasteiger partial charge in [0.15, 0.2) is 0 Å². The highest BCUT2D eigenvalue weighted by Crippen LogP contribution is 2.34. The van der Waals surface area contributed by atoms with E-state index in [1.165, 1.54) is 18.5 Å². The summed E-state index contributed by atoms with van der Waals surface area (Å²) in [6.45, 7) is 0. The van der Waals surface area contributed by atoms with E-state index >= 15 is 0 Å². The van der Waals surface area contributed by atoms with Gasteiger partial charge in [0, 0.05) is 41.8 Å². The quantitative estimate of drug-likeness (QED) is 0.136. The molecule has 2 aromatic heterocycles. The van der Waals surface area contributed by atoms with Crippen LogP contribution in [-0.4, -0.2) is 37.2 Å². The van der Waals surface area contributed by atoms with Crippen molar-refractivity contribution in [2.75, 3.05) is 19.0 Å². The molecule has 2 heterocycles. The number of hydrazone groups is 1. The zero-order chi connectivity index (χ0) is 25.8. The van der Waals surface area contributed by atoms with E-state index in [0.29, 0.717) is 11.3 Å². The van der Waals surface area contributed by atoms with Crippen LogP contribution in [0.1, 0.15) is 26.6 Å². The second-order valence-corrected chi connectivity index (χ2v) is 8.47. The molecule has 2 N–H and O–H groups in total. The number of fused-ring (bicyclic) bond motifs is 1. The average Bonchev–Trinajstić information content (AvgIpc) is 3.58. The maximum Gasteiger partial charge on any atom is 0.379 e. The maximum atomic E-state index is 13.3. The number of esters is 1. The lowest BCUT2D eigenvalue weighted by Crippen LogP contribution is -2.19. The number of nitrogens with one attached hydrogen (secondary N) is 2. The van der Waals surface area contributed by atoms with Crippen molar-refractivity contribution in [2.24, 2.45) is 5.10 Å². The molecule has 0 unspecified atom stereocenters. The van der Waals surface area contributed by atoms with Gasteiger partial charge < -0.3 is 19.0 Å². The number of carbonyl (C=O) groups excluding carboxylic acids is 2. The number of aromatic nitrogens is 1. The summed E-state index contributed by atoms with van der Waals surface area (Å²) < 4.78 is 10.5. The molecule has 5 aromatic rings. The molecule has 0 atom stereocenters. The van der Waals surface area contributed by atoms with Gasteiger partial charge in [-0.15, -0.1) is 0 Å². The molecule has 0 fully saturated rings. The molecule has 0 aliphatic carbocycles. The summed E-state index contributed by atoms with van der Waals surface area (Å²) in [7, 11) is 3.95. The largest absolute Gasteiger partial charge is 0.457 e. The summed E-state index contributed by atoms with van der Waals surface area (Å²) in [5.41, 5.74) is 7.07. The van der Waals surface area contributed by atoms with Crippen molar-refractivity contribution in [3.05, 3.63) is 108 Å². The first-order valence-electron chi connectivity index (χ1n) is 11.6. The first-order chi connectivity index (χ1) is 18.0. The van der Waals surface area contributed by atoms with E-state index in [-0.39, 0.29) is 11.5 Å². The predicted octanol–water partition coefficient (Wildman–Crippen LogP) is 5.48. The van der Waals surface area contributed by atoms with Crippen molar-refractivity contribution in [3.63, 3.8) is 0 Å². The van der Waals surface area contributed by atoms with Crippen molar-refractivity contribution in [3.8, 4) is 16.9 Å². The predicted molar refractivity (Wildman–Crippen MR) is 143 cm³/mol. The summed E-state index contributed by atoms with van der Waals surface area (Å²) in [4.78, 5) is 30.8. The van der Waals surface area contributed by atoms with Gasteiger partial charge in [0.25, 0.3) is 5.91 Å². The van der Waals surface area contributed by atoms with Crippen LogP contribution in [0.2, 0.25) is 0 Å². The minimum absolute atomic E-state index is 0.0877. The van der Waals surface area contributed by atoms with Gasteiger partial charge in [-0.05, 0) is 48.0 Å². The van der Waals surface area contributed by atoms with Crippen LogP contribution in [0.5, 0.6) is 5.75 Å². The molecule has 184 valence electrons. The maximum absolute atomic E-state index is 13.3. The van der Waals surface area contributed by atoms with Crippen LogP contribution in [0.15, 0.2) is 101 Å². The minimum atomic E-state index is -0.627. The second-order valence-electron chi connectivity index (χ2n) is 8.47. The number of furan rings is 1. The zero-order valence-electron chi connectivity index (χ0n) is 20.3. The van der Waals surface area contributed by atoms with Gasteiger partial charge in [-0.3, -0.25) is 4.79 Å². The molecule has 0 aliphatic heterocycles. The SMILES string of the molecule is CN(C)c1ccc2[nH]c(C(=O)NN=Cc3ccccc3OC(=O)c3ccco3)c(-c3ccccc3)c2c1. The number of ether oxygens (including phenoxy) is 1. The fourth-order valence-electron chi connectivity index (χ4n) is 3.97. The fourth-order valence-corrected chi connectivity index (χ4v) is 3.97. The fraction of sp³-hybridized carbons (Fsp3) is 0.0690. The number of H-pyrrole nitrogens is 1. The molecule has 0 aliphatic rings. The molecule has 0 saturated carbocycles. The summed E-state index contributed by atoms with van der Waals surface area (Å²) in [6, 6.07) is 25.7. The molecule has 37 heavy (non-hydrogen) atoms. The van der Waals surface area contributed by atoms with E-state index in [0.717, 1.165) is 27.7 Å². The number of hydrogen-bond donors (Lipinski definition) is 2. The first kappa shape index (κ1) is 23.6. The molecule has 8 heteroatoms. The zero-order valence-corrected chi connectivity index (χ0v) is 20.3. The molecule has 0 spiro atoms. The Morgan fingerprint density at radius 3 is 2.51 bits per heavy atom. The lowest BCUT2D eigenvalue weighted by atomic mass is 10.0. The van der Waals surface area contributed by atoms with Crippen molar-refractivity contribution in [2.45, 2.75) is 0 Å². The van der Waals surface area contributed by atoms with Gasteiger partial charge in [0.1, 0.15) is 11.4 Å². The van der Waals surface area contributed by atoms with E-state index in [2.05, 4.69) is 21.6 Å². The Balaban J connectivity index is 1.42. The third-order valence-corrected chi connectivity index (χ3v) is 5.80. The highest BCUT2D eigenvalue weighted by molar-refractivity contribution is 6.10. The molecule has 8 nitrogen and oxygen atoms in total. The Bertz CT molecular complexity index is 1590. The number of benzene rings is 3. The second kappa shape index (κ2) is 10.2. The monoisotopic (exact) mass is 492 g/mol.